The standard InChI is InChI=1S/C19H39N3O3.HI/c1-3-4-13-23-16-17-24-14-11-21-19(20-2)22-12-15-25-18-9-7-5-6-8-10-18;/h18H,3-17H2,1-2H3,(H2,20,21,22);1H. The Morgan fingerprint density at radius 3 is 2.12 bits per heavy atom. The second-order valence-corrected chi connectivity index (χ2v) is 6.49. The van der Waals surface area contributed by atoms with Gasteiger partial charge < -0.3 is 24.8 Å². The molecule has 1 fully saturated rings. The molecular formula is C19H40IN3O3. The highest BCUT2D eigenvalue weighted by molar-refractivity contribution is 14.0. The normalized spacial score (nSPS) is 16.0. The molecule has 1 rings (SSSR count). The molecule has 1 aliphatic carbocycles. The van der Waals surface area contributed by atoms with Crippen LogP contribution in [-0.4, -0.2) is 65.2 Å². The minimum atomic E-state index is 0. The summed E-state index contributed by atoms with van der Waals surface area (Å²) in [5.74, 6) is 0.798. The first-order valence-corrected chi connectivity index (χ1v) is 10.1. The lowest BCUT2D eigenvalue weighted by Gasteiger charge is -2.16. The van der Waals surface area contributed by atoms with Crippen molar-refractivity contribution in [2.75, 3.05) is 53.2 Å². The first-order valence-electron chi connectivity index (χ1n) is 10.1. The smallest absolute Gasteiger partial charge is 0.191 e. The summed E-state index contributed by atoms with van der Waals surface area (Å²) >= 11 is 0. The van der Waals surface area contributed by atoms with Crippen LogP contribution in [0.25, 0.3) is 0 Å². The second kappa shape index (κ2) is 19.6. The van der Waals surface area contributed by atoms with Crippen molar-refractivity contribution >= 4 is 29.9 Å². The first-order chi connectivity index (χ1) is 12.4. The van der Waals surface area contributed by atoms with E-state index in [-0.39, 0.29) is 24.0 Å². The quantitative estimate of drug-likeness (QED) is 0.138. The lowest BCUT2D eigenvalue weighted by Crippen LogP contribution is -2.40. The average molecular weight is 485 g/mol. The molecule has 1 saturated carbocycles. The molecule has 2 N–H and O–H groups in total. The van der Waals surface area contributed by atoms with E-state index < -0.39 is 0 Å². The molecule has 0 unspecified atom stereocenters. The monoisotopic (exact) mass is 485 g/mol. The Balaban J connectivity index is 0.00000625. The molecule has 6 nitrogen and oxygen atoms in total. The van der Waals surface area contributed by atoms with E-state index in [2.05, 4.69) is 22.5 Å². The predicted octanol–water partition coefficient (Wildman–Crippen LogP) is 3.34. The summed E-state index contributed by atoms with van der Waals surface area (Å²) < 4.78 is 17.0. The molecule has 0 aromatic carbocycles. The molecule has 0 aromatic heterocycles. The minimum absolute atomic E-state index is 0. The molecule has 0 heterocycles. The van der Waals surface area contributed by atoms with Gasteiger partial charge in [-0.3, -0.25) is 4.99 Å². The Hall–Kier alpha value is -0.120. The number of guanidine groups is 1. The number of aliphatic imine (C=N–C) groups is 1. The van der Waals surface area contributed by atoms with Crippen LogP contribution < -0.4 is 10.6 Å². The predicted molar refractivity (Wildman–Crippen MR) is 119 cm³/mol. The van der Waals surface area contributed by atoms with E-state index in [0.717, 1.165) is 38.7 Å². The Morgan fingerprint density at radius 1 is 0.885 bits per heavy atom. The summed E-state index contributed by atoms with van der Waals surface area (Å²) in [5, 5.41) is 6.53. The highest BCUT2D eigenvalue weighted by atomic mass is 127. The number of halogens is 1. The number of unbranched alkanes of at least 4 members (excludes halogenated alkanes) is 1. The summed E-state index contributed by atoms with van der Waals surface area (Å²) in [6.07, 6.45) is 10.5. The highest BCUT2D eigenvalue weighted by Crippen LogP contribution is 2.19. The molecule has 0 aromatic rings. The largest absolute Gasteiger partial charge is 0.379 e. The molecule has 0 amide bonds. The van der Waals surface area contributed by atoms with Gasteiger partial charge in [0.2, 0.25) is 0 Å². The number of nitrogens with zero attached hydrogens (tertiary/aromatic N) is 1. The summed E-state index contributed by atoms with van der Waals surface area (Å²) in [5.41, 5.74) is 0. The summed E-state index contributed by atoms with van der Waals surface area (Å²) in [6, 6.07) is 0. The van der Waals surface area contributed by atoms with Gasteiger partial charge in [0.1, 0.15) is 0 Å². The van der Waals surface area contributed by atoms with E-state index in [1.807, 2.05) is 0 Å². The molecule has 0 aliphatic heterocycles. The fourth-order valence-corrected chi connectivity index (χ4v) is 2.83. The van der Waals surface area contributed by atoms with Crippen LogP contribution in [0.5, 0.6) is 0 Å². The van der Waals surface area contributed by atoms with E-state index in [1.165, 1.54) is 44.9 Å². The van der Waals surface area contributed by atoms with Gasteiger partial charge in [-0.05, 0) is 19.3 Å². The SMILES string of the molecule is CCCCOCCOCCNC(=NC)NCCOC1CCCCCC1.I. The number of rotatable bonds is 13. The summed E-state index contributed by atoms with van der Waals surface area (Å²) in [6.45, 7) is 7.21. The fourth-order valence-electron chi connectivity index (χ4n) is 2.83. The third kappa shape index (κ3) is 15.0. The molecular weight excluding hydrogens is 445 g/mol. The zero-order valence-corrected chi connectivity index (χ0v) is 19.1. The van der Waals surface area contributed by atoms with Gasteiger partial charge >= 0.3 is 0 Å². The van der Waals surface area contributed by atoms with E-state index in [4.69, 9.17) is 14.2 Å². The molecule has 26 heavy (non-hydrogen) atoms. The number of hydrogen-bond acceptors (Lipinski definition) is 4. The van der Waals surface area contributed by atoms with Gasteiger partial charge in [0, 0.05) is 26.7 Å². The van der Waals surface area contributed by atoms with Crippen molar-refractivity contribution in [3.8, 4) is 0 Å². The van der Waals surface area contributed by atoms with Crippen LogP contribution in [0.3, 0.4) is 0 Å². The topological polar surface area (TPSA) is 64.1 Å². The van der Waals surface area contributed by atoms with Gasteiger partial charge in [-0.2, -0.15) is 0 Å². The Kier molecular flexibility index (Phi) is 19.5. The van der Waals surface area contributed by atoms with Crippen molar-refractivity contribution in [1.82, 2.24) is 10.6 Å². The molecule has 0 atom stereocenters. The Morgan fingerprint density at radius 2 is 1.50 bits per heavy atom. The third-order valence-electron chi connectivity index (χ3n) is 4.33. The van der Waals surface area contributed by atoms with Gasteiger partial charge in [0.25, 0.3) is 0 Å². The maximum Gasteiger partial charge on any atom is 0.191 e. The molecule has 0 saturated heterocycles. The average Bonchev–Trinajstić information content (AvgIpc) is 2.91. The van der Waals surface area contributed by atoms with Gasteiger partial charge in [-0.15, -0.1) is 24.0 Å². The van der Waals surface area contributed by atoms with Crippen LogP contribution >= 0.6 is 24.0 Å². The zero-order valence-electron chi connectivity index (χ0n) is 16.8. The van der Waals surface area contributed by atoms with Crippen molar-refractivity contribution in [1.29, 1.82) is 0 Å². The van der Waals surface area contributed by atoms with E-state index in [1.54, 1.807) is 7.05 Å². The van der Waals surface area contributed by atoms with Crippen LogP contribution in [0, 0.1) is 0 Å². The molecule has 0 spiro atoms. The van der Waals surface area contributed by atoms with Crippen LogP contribution in [0.4, 0.5) is 0 Å². The molecule has 1 aliphatic rings. The van der Waals surface area contributed by atoms with Crippen LogP contribution in [0.1, 0.15) is 58.3 Å². The zero-order chi connectivity index (χ0) is 18.0. The van der Waals surface area contributed by atoms with Crippen LogP contribution in [0.2, 0.25) is 0 Å². The molecule has 156 valence electrons. The lowest BCUT2D eigenvalue weighted by molar-refractivity contribution is 0.0464. The van der Waals surface area contributed by atoms with Crippen molar-refractivity contribution in [3.05, 3.63) is 0 Å². The third-order valence-corrected chi connectivity index (χ3v) is 4.33. The van der Waals surface area contributed by atoms with Gasteiger partial charge in [-0.25, -0.2) is 0 Å². The second-order valence-electron chi connectivity index (χ2n) is 6.49. The molecule has 0 bridgehead atoms. The van der Waals surface area contributed by atoms with Crippen molar-refractivity contribution in [2.24, 2.45) is 4.99 Å². The molecule has 7 heteroatoms. The van der Waals surface area contributed by atoms with Crippen molar-refractivity contribution in [2.45, 2.75) is 64.4 Å². The van der Waals surface area contributed by atoms with Gasteiger partial charge in [0.05, 0.1) is 32.5 Å². The lowest BCUT2D eigenvalue weighted by atomic mass is 10.1. The van der Waals surface area contributed by atoms with Crippen LogP contribution in [-0.2, 0) is 14.2 Å². The van der Waals surface area contributed by atoms with E-state index in [9.17, 15) is 0 Å². The van der Waals surface area contributed by atoms with Gasteiger partial charge in [0.15, 0.2) is 5.96 Å². The molecule has 0 radical (unpaired) electrons. The fraction of sp³-hybridized carbons (Fsp3) is 0.947. The maximum absolute atomic E-state index is 5.97. The van der Waals surface area contributed by atoms with Gasteiger partial charge in [-0.1, -0.05) is 39.0 Å². The van der Waals surface area contributed by atoms with Crippen molar-refractivity contribution in [3.63, 3.8) is 0 Å². The first kappa shape index (κ1) is 25.9. The Bertz CT molecular complexity index is 325. The maximum atomic E-state index is 5.97. The Labute approximate surface area is 177 Å². The number of ether oxygens (including phenoxy) is 3. The summed E-state index contributed by atoms with van der Waals surface area (Å²) in [7, 11) is 1.78. The van der Waals surface area contributed by atoms with E-state index in [0.29, 0.717) is 25.9 Å². The van der Waals surface area contributed by atoms with E-state index >= 15 is 0 Å². The van der Waals surface area contributed by atoms with Crippen molar-refractivity contribution < 1.29 is 14.2 Å². The summed E-state index contributed by atoms with van der Waals surface area (Å²) in [4.78, 5) is 4.21. The minimum Gasteiger partial charge on any atom is -0.379 e. The number of hydrogen-bond donors (Lipinski definition) is 2. The highest BCUT2D eigenvalue weighted by Gasteiger charge is 2.11. The van der Waals surface area contributed by atoms with Crippen LogP contribution in [0.15, 0.2) is 4.99 Å². The number of nitrogens with one attached hydrogen (secondary N) is 2.